The van der Waals surface area contributed by atoms with Crippen molar-refractivity contribution in [3.63, 3.8) is 0 Å². The van der Waals surface area contributed by atoms with Gasteiger partial charge in [0.2, 0.25) is 0 Å². The Balaban J connectivity index is 1.89. The van der Waals surface area contributed by atoms with Crippen LogP contribution in [0.15, 0.2) is 6.07 Å². The topological polar surface area (TPSA) is 75.4 Å². The van der Waals surface area contributed by atoms with Gasteiger partial charge in [-0.05, 0) is 45.8 Å². The minimum atomic E-state index is 0.0760. The number of aromatic nitrogens is 2. The van der Waals surface area contributed by atoms with Gasteiger partial charge in [0.25, 0.3) is 5.91 Å². The largest absolute Gasteiger partial charge is 0.336 e. The zero-order valence-corrected chi connectivity index (χ0v) is 13.0. The molecule has 1 saturated heterocycles. The molecule has 1 aromatic heterocycles. The molecule has 6 nitrogen and oxygen atoms in total. The second-order valence-corrected chi connectivity index (χ2v) is 5.61. The van der Waals surface area contributed by atoms with Crippen LogP contribution in [-0.2, 0) is 0 Å². The second-order valence-electron chi connectivity index (χ2n) is 5.61. The summed E-state index contributed by atoms with van der Waals surface area (Å²) >= 11 is 0. The molecule has 1 aromatic rings. The Kier molecular flexibility index (Phi) is 5.64. The molecule has 6 heteroatoms. The SMILES string of the molecule is Cc1cc(C(=O)N2CCN(CCCCN)CC2)c(C)nn1. The minimum Gasteiger partial charge on any atom is -0.336 e. The number of hydrogen-bond acceptors (Lipinski definition) is 5. The zero-order chi connectivity index (χ0) is 15.2. The van der Waals surface area contributed by atoms with Crippen LogP contribution >= 0.6 is 0 Å². The Morgan fingerprint density at radius 1 is 1.19 bits per heavy atom. The van der Waals surface area contributed by atoms with E-state index < -0.39 is 0 Å². The Hall–Kier alpha value is -1.53. The number of unbranched alkanes of at least 4 members (excludes halogenated alkanes) is 1. The number of hydrogen-bond donors (Lipinski definition) is 1. The van der Waals surface area contributed by atoms with Gasteiger partial charge >= 0.3 is 0 Å². The molecule has 1 amide bonds. The number of amides is 1. The van der Waals surface area contributed by atoms with Gasteiger partial charge in [0.15, 0.2) is 0 Å². The molecular weight excluding hydrogens is 266 g/mol. The highest BCUT2D eigenvalue weighted by molar-refractivity contribution is 5.95. The van der Waals surface area contributed by atoms with Gasteiger partial charge in [-0.15, -0.1) is 0 Å². The first-order chi connectivity index (χ1) is 10.1. The first kappa shape index (κ1) is 15.9. The number of aryl methyl sites for hydroxylation is 2. The number of rotatable bonds is 5. The number of piperazine rings is 1. The number of carbonyl (C=O) groups excluding carboxylic acids is 1. The van der Waals surface area contributed by atoms with Gasteiger partial charge in [0.05, 0.1) is 17.0 Å². The smallest absolute Gasteiger partial charge is 0.255 e. The summed E-state index contributed by atoms with van der Waals surface area (Å²) in [6, 6.07) is 1.83. The monoisotopic (exact) mass is 291 g/mol. The Morgan fingerprint density at radius 2 is 1.90 bits per heavy atom. The van der Waals surface area contributed by atoms with E-state index in [1.807, 2.05) is 24.8 Å². The molecule has 2 rings (SSSR count). The molecule has 1 aliphatic rings. The van der Waals surface area contributed by atoms with Crippen LogP contribution in [0.4, 0.5) is 0 Å². The van der Waals surface area contributed by atoms with Crippen molar-refractivity contribution in [2.75, 3.05) is 39.3 Å². The van der Waals surface area contributed by atoms with Crippen molar-refractivity contribution < 1.29 is 4.79 Å². The van der Waals surface area contributed by atoms with Gasteiger partial charge < -0.3 is 10.6 Å². The second kappa shape index (κ2) is 7.47. The summed E-state index contributed by atoms with van der Waals surface area (Å²) in [6.07, 6.45) is 2.21. The van der Waals surface area contributed by atoms with Crippen molar-refractivity contribution in [1.29, 1.82) is 0 Å². The van der Waals surface area contributed by atoms with Crippen molar-refractivity contribution in [1.82, 2.24) is 20.0 Å². The van der Waals surface area contributed by atoms with Crippen LogP contribution in [0, 0.1) is 13.8 Å². The molecule has 0 spiro atoms. The molecule has 21 heavy (non-hydrogen) atoms. The van der Waals surface area contributed by atoms with Crippen LogP contribution in [0.25, 0.3) is 0 Å². The maximum Gasteiger partial charge on any atom is 0.255 e. The van der Waals surface area contributed by atoms with Crippen LogP contribution in [0.3, 0.4) is 0 Å². The van der Waals surface area contributed by atoms with Crippen LogP contribution in [-0.4, -0.2) is 65.2 Å². The van der Waals surface area contributed by atoms with Crippen molar-refractivity contribution in [3.05, 3.63) is 23.0 Å². The highest BCUT2D eigenvalue weighted by atomic mass is 16.2. The van der Waals surface area contributed by atoms with Crippen LogP contribution < -0.4 is 5.73 Å². The molecule has 2 heterocycles. The fourth-order valence-corrected chi connectivity index (χ4v) is 2.59. The normalized spacial score (nSPS) is 16.2. The molecule has 0 unspecified atom stereocenters. The minimum absolute atomic E-state index is 0.0760. The third-order valence-corrected chi connectivity index (χ3v) is 3.92. The summed E-state index contributed by atoms with van der Waals surface area (Å²) in [5.41, 5.74) is 7.68. The summed E-state index contributed by atoms with van der Waals surface area (Å²) in [7, 11) is 0. The Morgan fingerprint density at radius 3 is 2.57 bits per heavy atom. The predicted octanol–water partition coefficient (Wildman–Crippen LogP) is 0.590. The van der Waals surface area contributed by atoms with Crippen molar-refractivity contribution in [3.8, 4) is 0 Å². The molecular formula is C15H25N5O. The highest BCUT2D eigenvalue weighted by Crippen LogP contribution is 2.12. The first-order valence-corrected chi connectivity index (χ1v) is 7.64. The molecule has 0 atom stereocenters. The molecule has 0 aliphatic carbocycles. The van der Waals surface area contributed by atoms with E-state index in [0.717, 1.165) is 57.8 Å². The van der Waals surface area contributed by atoms with Gasteiger partial charge in [0.1, 0.15) is 0 Å². The summed E-state index contributed by atoms with van der Waals surface area (Å²) in [5.74, 6) is 0.0760. The number of carbonyl (C=O) groups is 1. The third-order valence-electron chi connectivity index (χ3n) is 3.92. The lowest BCUT2D eigenvalue weighted by atomic mass is 10.1. The van der Waals surface area contributed by atoms with Gasteiger partial charge in [-0.2, -0.15) is 10.2 Å². The molecule has 0 radical (unpaired) electrons. The number of nitrogens with two attached hydrogens (primary N) is 1. The van der Waals surface area contributed by atoms with Crippen LogP contribution in [0.2, 0.25) is 0 Å². The van der Waals surface area contributed by atoms with Crippen molar-refractivity contribution in [2.45, 2.75) is 26.7 Å². The van der Waals surface area contributed by atoms with E-state index in [1.54, 1.807) is 0 Å². The first-order valence-electron chi connectivity index (χ1n) is 7.64. The lowest BCUT2D eigenvalue weighted by Crippen LogP contribution is -2.49. The third kappa shape index (κ3) is 4.22. The van der Waals surface area contributed by atoms with Crippen molar-refractivity contribution >= 4 is 5.91 Å². The molecule has 2 N–H and O–H groups in total. The zero-order valence-electron chi connectivity index (χ0n) is 13.0. The molecule has 0 bridgehead atoms. The van der Waals surface area contributed by atoms with Crippen LogP contribution in [0.5, 0.6) is 0 Å². The molecule has 1 aliphatic heterocycles. The van der Waals surface area contributed by atoms with E-state index >= 15 is 0 Å². The van der Waals surface area contributed by atoms with E-state index in [2.05, 4.69) is 15.1 Å². The molecule has 0 saturated carbocycles. The summed E-state index contributed by atoms with van der Waals surface area (Å²) < 4.78 is 0. The van der Waals surface area contributed by atoms with Gasteiger partial charge in [-0.3, -0.25) is 9.69 Å². The fourth-order valence-electron chi connectivity index (χ4n) is 2.59. The van der Waals surface area contributed by atoms with Crippen LogP contribution in [0.1, 0.15) is 34.6 Å². The molecule has 0 aromatic carbocycles. The maximum absolute atomic E-state index is 12.6. The average Bonchev–Trinajstić information content (AvgIpc) is 2.50. The summed E-state index contributed by atoms with van der Waals surface area (Å²) in [5, 5.41) is 8.02. The quantitative estimate of drug-likeness (QED) is 0.804. The van der Waals surface area contributed by atoms with Crippen molar-refractivity contribution in [2.24, 2.45) is 5.73 Å². The van der Waals surface area contributed by atoms with E-state index in [-0.39, 0.29) is 5.91 Å². The average molecular weight is 291 g/mol. The van der Waals surface area contributed by atoms with E-state index in [9.17, 15) is 4.79 Å². The maximum atomic E-state index is 12.6. The highest BCUT2D eigenvalue weighted by Gasteiger charge is 2.23. The van der Waals surface area contributed by atoms with Gasteiger partial charge in [-0.25, -0.2) is 0 Å². The Bertz CT molecular complexity index is 483. The Labute approximate surface area is 126 Å². The standard InChI is InChI=1S/C15H25N5O/c1-12-11-14(13(2)18-17-12)15(21)20-9-7-19(8-10-20)6-4-3-5-16/h11H,3-10,16H2,1-2H3. The van der Waals surface area contributed by atoms with E-state index in [1.165, 1.54) is 0 Å². The predicted molar refractivity (Wildman–Crippen MR) is 82.1 cm³/mol. The van der Waals surface area contributed by atoms with Gasteiger partial charge in [-0.1, -0.05) is 0 Å². The van der Waals surface area contributed by atoms with E-state index in [0.29, 0.717) is 11.3 Å². The fraction of sp³-hybridized carbons (Fsp3) is 0.667. The summed E-state index contributed by atoms with van der Waals surface area (Å²) in [4.78, 5) is 16.9. The number of nitrogens with zero attached hydrogens (tertiary/aromatic N) is 4. The molecule has 1 fully saturated rings. The lowest BCUT2D eigenvalue weighted by molar-refractivity contribution is 0.0634. The molecule has 116 valence electrons. The van der Waals surface area contributed by atoms with Gasteiger partial charge in [0, 0.05) is 26.2 Å². The summed E-state index contributed by atoms with van der Waals surface area (Å²) in [6.45, 7) is 8.96. The lowest BCUT2D eigenvalue weighted by Gasteiger charge is -2.34. The van der Waals surface area contributed by atoms with E-state index in [4.69, 9.17) is 5.73 Å².